The normalized spacial score (nSPS) is 24.7. The van der Waals surface area contributed by atoms with Gasteiger partial charge in [-0.1, -0.05) is 36.4 Å². The van der Waals surface area contributed by atoms with Crippen molar-refractivity contribution in [3.8, 4) is 0 Å². The number of nitrogens with one attached hydrogen (secondary N) is 1. The van der Waals surface area contributed by atoms with Crippen LogP contribution in [0.1, 0.15) is 58.0 Å². The van der Waals surface area contributed by atoms with E-state index in [1.165, 1.54) is 4.90 Å². The minimum Gasteiger partial charge on any atom is -0.322 e. The van der Waals surface area contributed by atoms with Crippen LogP contribution in [0.4, 0.5) is 13.2 Å². The molecule has 0 bridgehead atoms. The summed E-state index contributed by atoms with van der Waals surface area (Å²) in [5.41, 5.74) is 3.00. The largest absolute Gasteiger partial charge is 0.322 e. The van der Waals surface area contributed by atoms with Crippen molar-refractivity contribution < 1.29 is 27.6 Å². The Balaban J connectivity index is 0.984. The third-order valence-corrected chi connectivity index (χ3v) is 9.96. The van der Waals surface area contributed by atoms with Crippen molar-refractivity contribution in [1.82, 2.24) is 29.9 Å². The fourth-order valence-corrected chi connectivity index (χ4v) is 7.63. The number of hydrogen-bond acceptors (Lipinski definition) is 7. The van der Waals surface area contributed by atoms with Crippen LogP contribution in [0.2, 0.25) is 0 Å². The average Bonchev–Trinajstić information content (AvgIpc) is 3.37. The summed E-state index contributed by atoms with van der Waals surface area (Å²) in [7, 11) is 0. The predicted octanol–water partition coefficient (Wildman–Crippen LogP) is 3.60. The Morgan fingerprint density at radius 1 is 0.936 bits per heavy atom. The molecular weight excluding hydrogens is 609 g/mol. The molecule has 0 radical (unpaired) electrons. The minimum absolute atomic E-state index is 0.00929. The van der Waals surface area contributed by atoms with E-state index < -0.39 is 42.2 Å². The van der Waals surface area contributed by atoms with Gasteiger partial charge in [-0.2, -0.15) is 0 Å². The number of piperidine rings is 2. The van der Waals surface area contributed by atoms with E-state index >= 15 is 13.2 Å². The number of hydrogen-bond donors (Lipinski definition) is 1. The number of fused-ring (bicyclic) bond motifs is 1. The number of nitrogens with zero attached hydrogens (tertiary/aromatic N) is 5. The van der Waals surface area contributed by atoms with Crippen LogP contribution in [0, 0.1) is 5.82 Å². The molecular formula is C35H37F3N6O3. The van der Waals surface area contributed by atoms with E-state index in [0.717, 1.165) is 17.3 Å². The van der Waals surface area contributed by atoms with E-state index in [4.69, 9.17) is 0 Å². The van der Waals surface area contributed by atoms with Crippen LogP contribution < -0.4 is 5.32 Å². The Morgan fingerprint density at radius 3 is 2.40 bits per heavy atom. The fraction of sp³-hybridized carbons (Fsp3) is 0.429. The number of piperazine rings is 1. The van der Waals surface area contributed by atoms with Gasteiger partial charge in [-0.15, -0.1) is 0 Å². The third-order valence-electron chi connectivity index (χ3n) is 9.96. The Labute approximate surface area is 271 Å². The number of carbonyl (C=O) groups is 3. The van der Waals surface area contributed by atoms with Gasteiger partial charge in [0, 0.05) is 69.6 Å². The zero-order valence-electron chi connectivity index (χ0n) is 26.0. The molecule has 3 atom stereocenters. The molecule has 47 heavy (non-hydrogen) atoms. The maximum absolute atomic E-state index is 15.8. The van der Waals surface area contributed by atoms with Crippen molar-refractivity contribution in [3.63, 3.8) is 0 Å². The summed E-state index contributed by atoms with van der Waals surface area (Å²) in [5.74, 6) is -5.03. The number of pyridine rings is 1. The summed E-state index contributed by atoms with van der Waals surface area (Å²) >= 11 is 0. The lowest BCUT2D eigenvalue weighted by atomic mass is 9.96. The summed E-state index contributed by atoms with van der Waals surface area (Å²) in [6.07, 6.45) is 2.36. The van der Waals surface area contributed by atoms with E-state index in [-0.39, 0.29) is 55.4 Å². The number of aromatic nitrogens is 1. The molecule has 0 spiro atoms. The molecule has 1 N–H and O–H groups in total. The zero-order chi connectivity index (χ0) is 32.7. The van der Waals surface area contributed by atoms with Gasteiger partial charge in [-0.05, 0) is 48.2 Å². The maximum Gasteiger partial charge on any atom is 0.275 e. The Hall–Kier alpha value is -4.13. The average molecular weight is 647 g/mol. The van der Waals surface area contributed by atoms with Crippen LogP contribution in [0.15, 0.2) is 66.9 Å². The van der Waals surface area contributed by atoms with Crippen molar-refractivity contribution in [3.05, 3.63) is 101 Å². The molecule has 3 unspecified atom stereocenters. The van der Waals surface area contributed by atoms with E-state index in [9.17, 15) is 14.4 Å². The minimum atomic E-state index is -2.99. The highest BCUT2D eigenvalue weighted by Gasteiger charge is 2.48. The molecule has 5 heterocycles. The maximum atomic E-state index is 15.8. The molecule has 3 aromatic rings. The highest BCUT2D eigenvalue weighted by Crippen LogP contribution is 2.36. The molecule has 0 aliphatic carbocycles. The smallest absolute Gasteiger partial charge is 0.275 e. The van der Waals surface area contributed by atoms with Gasteiger partial charge in [-0.25, -0.2) is 13.2 Å². The van der Waals surface area contributed by atoms with Crippen LogP contribution in [0.25, 0.3) is 0 Å². The van der Waals surface area contributed by atoms with E-state index in [1.54, 1.807) is 17.2 Å². The molecule has 7 rings (SSSR count). The lowest BCUT2D eigenvalue weighted by Gasteiger charge is -2.47. The van der Waals surface area contributed by atoms with Gasteiger partial charge in [0.15, 0.2) is 0 Å². The van der Waals surface area contributed by atoms with E-state index in [2.05, 4.69) is 27.3 Å². The molecule has 12 heteroatoms. The van der Waals surface area contributed by atoms with Crippen molar-refractivity contribution in [2.45, 2.75) is 56.4 Å². The van der Waals surface area contributed by atoms with Crippen LogP contribution in [0.3, 0.4) is 0 Å². The molecule has 3 amide bonds. The first-order valence-corrected chi connectivity index (χ1v) is 16.2. The topological polar surface area (TPSA) is 89.1 Å². The van der Waals surface area contributed by atoms with Crippen molar-refractivity contribution >= 4 is 17.7 Å². The molecule has 1 aromatic heterocycles. The number of likely N-dealkylation sites (tertiary alicyclic amines) is 1. The number of carbonyl (C=O) groups excluding carboxylic acids is 3. The molecule has 4 aliphatic rings. The summed E-state index contributed by atoms with van der Waals surface area (Å²) in [5, 5.41) is 2.25. The lowest BCUT2D eigenvalue weighted by molar-refractivity contribution is -0.137. The number of amides is 3. The molecule has 9 nitrogen and oxygen atoms in total. The molecule has 0 saturated carbocycles. The lowest BCUT2D eigenvalue weighted by Crippen LogP contribution is -2.61. The third kappa shape index (κ3) is 6.29. The van der Waals surface area contributed by atoms with Gasteiger partial charge < -0.3 is 4.90 Å². The molecule has 2 aromatic carbocycles. The van der Waals surface area contributed by atoms with E-state index in [1.807, 2.05) is 41.3 Å². The summed E-state index contributed by atoms with van der Waals surface area (Å²) in [6.45, 7) is 2.26. The first-order valence-electron chi connectivity index (χ1n) is 16.2. The van der Waals surface area contributed by atoms with Crippen molar-refractivity contribution in [2.75, 3.05) is 39.3 Å². The highest BCUT2D eigenvalue weighted by molar-refractivity contribution is 6.05. The number of benzene rings is 2. The van der Waals surface area contributed by atoms with Crippen LogP contribution in [-0.4, -0.2) is 99.6 Å². The van der Waals surface area contributed by atoms with Crippen molar-refractivity contribution in [2.24, 2.45) is 0 Å². The fourth-order valence-electron chi connectivity index (χ4n) is 7.63. The first-order chi connectivity index (χ1) is 22.7. The van der Waals surface area contributed by atoms with Gasteiger partial charge in [0.25, 0.3) is 11.8 Å². The number of rotatable bonds is 7. The van der Waals surface area contributed by atoms with Gasteiger partial charge in [0.2, 0.25) is 11.8 Å². The quantitative estimate of drug-likeness (QED) is 0.393. The second kappa shape index (κ2) is 12.8. The predicted molar refractivity (Wildman–Crippen MR) is 167 cm³/mol. The van der Waals surface area contributed by atoms with Gasteiger partial charge >= 0.3 is 0 Å². The highest BCUT2D eigenvalue weighted by atomic mass is 19.3. The summed E-state index contributed by atoms with van der Waals surface area (Å²) < 4.78 is 46.8. The molecule has 4 aliphatic heterocycles. The zero-order valence-corrected chi connectivity index (χ0v) is 26.0. The van der Waals surface area contributed by atoms with Crippen LogP contribution >= 0.6 is 0 Å². The monoisotopic (exact) mass is 646 g/mol. The Morgan fingerprint density at radius 2 is 1.70 bits per heavy atom. The summed E-state index contributed by atoms with van der Waals surface area (Å²) in [6, 6.07) is 16.9. The van der Waals surface area contributed by atoms with E-state index in [0.29, 0.717) is 38.3 Å². The summed E-state index contributed by atoms with van der Waals surface area (Å²) in [4.78, 5) is 48.7. The van der Waals surface area contributed by atoms with Crippen LogP contribution in [0.5, 0.6) is 0 Å². The Bertz CT molecular complexity index is 1610. The second-order valence-corrected chi connectivity index (χ2v) is 12.9. The van der Waals surface area contributed by atoms with Gasteiger partial charge in [0.1, 0.15) is 11.9 Å². The number of halogens is 3. The second-order valence-electron chi connectivity index (χ2n) is 12.9. The number of alkyl halides is 2. The van der Waals surface area contributed by atoms with Crippen LogP contribution in [-0.2, 0) is 22.7 Å². The van der Waals surface area contributed by atoms with Gasteiger partial charge in [-0.3, -0.25) is 39.4 Å². The molecule has 3 fully saturated rings. The standard InChI is InChI=1S/C35H37F3N6O3/c36-27-19-26-24(21-44(34(26)47)29-9-10-31(45)40-33(29)46)18-25(27)20-41-13-11-30(35(37,38)22-41)42-14-16-43(17-15-42)32(23-6-2-1-3-7-23)28-8-4-5-12-39-28/h1-8,12,18-19,29-30,32H,9-11,13-17,20-22H2,(H,40,45,46). The molecule has 246 valence electrons. The Kier molecular flexibility index (Phi) is 8.58. The SMILES string of the molecule is O=C1CCC(N2Cc3cc(CN4CCC(N5CCN(C(c6ccccc6)c6ccccn6)CC5)C(F)(F)C4)c(F)cc3C2=O)C(=O)N1. The van der Waals surface area contributed by atoms with Gasteiger partial charge in [0.05, 0.1) is 24.3 Å². The molecule has 3 saturated heterocycles. The number of imide groups is 1. The van der Waals surface area contributed by atoms with Crippen molar-refractivity contribution in [1.29, 1.82) is 0 Å². The first kappa shape index (κ1) is 31.5.